The van der Waals surface area contributed by atoms with Crippen LogP contribution < -0.4 is 5.32 Å². The van der Waals surface area contributed by atoms with Gasteiger partial charge in [0.2, 0.25) is 0 Å². The maximum atomic E-state index is 13.7. The Bertz CT molecular complexity index is 569. The second kappa shape index (κ2) is 6.50. The standard InChI is InChI=1S/C15H19BrF2N2O2/c1-15(2,3)22-14(21)20-7-9(8-20)19-6-10-11(17)4-5-12(18)13(10)16/h4-5,9,19H,6-8H2,1-3H3. The van der Waals surface area contributed by atoms with Gasteiger partial charge in [-0.2, -0.15) is 0 Å². The predicted molar refractivity (Wildman–Crippen MR) is 82.5 cm³/mol. The Balaban J connectivity index is 1.82. The van der Waals surface area contributed by atoms with Crippen molar-refractivity contribution >= 4 is 22.0 Å². The minimum Gasteiger partial charge on any atom is -0.444 e. The van der Waals surface area contributed by atoms with Gasteiger partial charge in [-0.15, -0.1) is 0 Å². The van der Waals surface area contributed by atoms with Gasteiger partial charge < -0.3 is 15.0 Å². The van der Waals surface area contributed by atoms with Crippen LogP contribution in [0.2, 0.25) is 0 Å². The molecule has 1 aliphatic rings. The molecule has 1 heterocycles. The van der Waals surface area contributed by atoms with Crippen molar-refractivity contribution in [3.63, 3.8) is 0 Å². The van der Waals surface area contributed by atoms with Crippen LogP contribution in [-0.4, -0.2) is 35.7 Å². The smallest absolute Gasteiger partial charge is 0.410 e. The van der Waals surface area contributed by atoms with Crippen molar-refractivity contribution in [1.82, 2.24) is 10.2 Å². The van der Waals surface area contributed by atoms with E-state index in [0.29, 0.717) is 13.1 Å². The normalized spacial score (nSPS) is 15.6. The van der Waals surface area contributed by atoms with Crippen LogP contribution in [0.15, 0.2) is 16.6 Å². The number of nitrogens with one attached hydrogen (secondary N) is 1. The molecule has 0 atom stereocenters. The van der Waals surface area contributed by atoms with Crippen molar-refractivity contribution in [2.75, 3.05) is 13.1 Å². The summed E-state index contributed by atoms with van der Waals surface area (Å²) in [7, 11) is 0. The van der Waals surface area contributed by atoms with Crippen molar-refractivity contribution in [2.24, 2.45) is 0 Å². The van der Waals surface area contributed by atoms with Gasteiger partial charge in [0.1, 0.15) is 17.2 Å². The Hall–Kier alpha value is -1.21. The third kappa shape index (κ3) is 4.16. The van der Waals surface area contributed by atoms with E-state index in [9.17, 15) is 13.6 Å². The first-order valence-corrected chi connectivity index (χ1v) is 7.80. The molecule has 22 heavy (non-hydrogen) atoms. The topological polar surface area (TPSA) is 41.6 Å². The van der Waals surface area contributed by atoms with Gasteiger partial charge in [0, 0.05) is 31.2 Å². The number of likely N-dealkylation sites (tertiary alicyclic amines) is 1. The number of carbonyl (C=O) groups excluding carboxylic acids is 1. The average Bonchev–Trinajstić information content (AvgIpc) is 2.33. The van der Waals surface area contributed by atoms with E-state index in [2.05, 4.69) is 21.2 Å². The molecule has 0 unspecified atom stereocenters. The number of amides is 1. The summed E-state index contributed by atoms with van der Waals surface area (Å²) in [6, 6.07) is 2.23. The lowest BCUT2D eigenvalue weighted by Crippen LogP contribution is -2.60. The van der Waals surface area contributed by atoms with Crippen molar-refractivity contribution in [3.8, 4) is 0 Å². The third-order valence-corrected chi connectivity index (χ3v) is 4.10. The summed E-state index contributed by atoms with van der Waals surface area (Å²) in [5.74, 6) is -0.966. The molecular formula is C15H19BrF2N2O2. The number of benzene rings is 1. The molecule has 1 fully saturated rings. The summed E-state index contributed by atoms with van der Waals surface area (Å²) in [6.07, 6.45) is -0.358. The van der Waals surface area contributed by atoms with E-state index in [1.54, 1.807) is 4.90 Å². The summed E-state index contributed by atoms with van der Waals surface area (Å²) in [5, 5.41) is 3.11. The molecule has 2 rings (SSSR count). The highest BCUT2D eigenvalue weighted by atomic mass is 79.9. The largest absolute Gasteiger partial charge is 0.444 e. The van der Waals surface area contributed by atoms with Gasteiger partial charge >= 0.3 is 6.09 Å². The molecular weight excluding hydrogens is 358 g/mol. The molecule has 0 radical (unpaired) electrons. The summed E-state index contributed by atoms with van der Waals surface area (Å²) < 4.78 is 32.4. The molecule has 1 saturated heterocycles. The molecule has 1 amide bonds. The van der Waals surface area contributed by atoms with Gasteiger partial charge in [0.15, 0.2) is 0 Å². The van der Waals surface area contributed by atoms with E-state index < -0.39 is 17.2 Å². The first-order valence-electron chi connectivity index (χ1n) is 7.01. The van der Waals surface area contributed by atoms with Crippen LogP contribution in [0, 0.1) is 11.6 Å². The summed E-state index contributed by atoms with van der Waals surface area (Å²) >= 11 is 3.05. The number of ether oxygens (including phenoxy) is 1. The third-order valence-electron chi connectivity index (χ3n) is 3.24. The number of hydrogen-bond donors (Lipinski definition) is 1. The minimum absolute atomic E-state index is 0.0436. The zero-order valence-electron chi connectivity index (χ0n) is 12.8. The van der Waals surface area contributed by atoms with Gasteiger partial charge in [0.05, 0.1) is 4.47 Å². The van der Waals surface area contributed by atoms with Crippen molar-refractivity contribution in [2.45, 2.75) is 39.0 Å². The number of halogens is 3. The molecule has 0 saturated carbocycles. The maximum absolute atomic E-state index is 13.7. The molecule has 1 aliphatic heterocycles. The van der Waals surface area contributed by atoms with Crippen LogP contribution in [-0.2, 0) is 11.3 Å². The van der Waals surface area contributed by atoms with Gasteiger partial charge in [-0.25, -0.2) is 13.6 Å². The minimum atomic E-state index is -0.523. The molecule has 1 N–H and O–H groups in total. The molecule has 4 nitrogen and oxygen atoms in total. The summed E-state index contributed by atoms with van der Waals surface area (Å²) in [4.78, 5) is 13.3. The zero-order valence-corrected chi connectivity index (χ0v) is 14.3. The lowest BCUT2D eigenvalue weighted by Gasteiger charge is -2.40. The highest BCUT2D eigenvalue weighted by Crippen LogP contribution is 2.24. The van der Waals surface area contributed by atoms with E-state index in [1.165, 1.54) is 0 Å². The molecule has 0 aromatic heterocycles. The molecule has 7 heteroatoms. The van der Waals surface area contributed by atoms with E-state index in [1.807, 2.05) is 20.8 Å². The van der Waals surface area contributed by atoms with E-state index in [0.717, 1.165) is 12.1 Å². The number of rotatable bonds is 3. The number of carbonyl (C=O) groups is 1. The second-order valence-electron chi connectivity index (χ2n) is 6.28. The Morgan fingerprint density at radius 3 is 2.55 bits per heavy atom. The Kier molecular flexibility index (Phi) is 5.07. The summed E-state index contributed by atoms with van der Waals surface area (Å²) in [5.41, 5.74) is -0.277. The fourth-order valence-electron chi connectivity index (χ4n) is 2.06. The first kappa shape index (κ1) is 17.1. The quantitative estimate of drug-likeness (QED) is 0.821. The second-order valence-corrected chi connectivity index (χ2v) is 7.08. The lowest BCUT2D eigenvalue weighted by atomic mass is 10.1. The molecule has 0 bridgehead atoms. The van der Waals surface area contributed by atoms with Crippen LogP contribution >= 0.6 is 15.9 Å². The Labute approximate surface area is 136 Å². The molecule has 122 valence electrons. The van der Waals surface area contributed by atoms with Gasteiger partial charge in [-0.3, -0.25) is 0 Å². The zero-order chi connectivity index (χ0) is 16.5. The Morgan fingerprint density at radius 2 is 1.95 bits per heavy atom. The van der Waals surface area contributed by atoms with Crippen LogP contribution in [0.25, 0.3) is 0 Å². The van der Waals surface area contributed by atoms with Crippen molar-refractivity contribution in [1.29, 1.82) is 0 Å². The SMILES string of the molecule is CC(C)(C)OC(=O)N1CC(NCc2c(F)ccc(F)c2Br)C1. The highest BCUT2D eigenvalue weighted by molar-refractivity contribution is 9.10. The predicted octanol–water partition coefficient (Wildman–Crippen LogP) is 3.44. The van der Waals surface area contributed by atoms with Crippen LogP contribution in [0.4, 0.5) is 13.6 Å². The fraction of sp³-hybridized carbons (Fsp3) is 0.533. The number of nitrogens with zero attached hydrogens (tertiary/aromatic N) is 1. The molecule has 1 aromatic rings. The van der Waals surface area contributed by atoms with Crippen molar-refractivity contribution in [3.05, 3.63) is 33.8 Å². The summed E-state index contributed by atoms with van der Waals surface area (Å²) in [6.45, 7) is 6.60. The van der Waals surface area contributed by atoms with E-state index in [4.69, 9.17) is 4.74 Å². The fourth-order valence-corrected chi connectivity index (χ4v) is 2.52. The van der Waals surface area contributed by atoms with E-state index in [-0.39, 0.29) is 28.7 Å². The lowest BCUT2D eigenvalue weighted by molar-refractivity contribution is 0.00515. The molecule has 0 spiro atoms. The molecule has 0 aliphatic carbocycles. The highest BCUT2D eigenvalue weighted by Gasteiger charge is 2.33. The van der Waals surface area contributed by atoms with Crippen LogP contribution in [0.5, 0.6) is 0 Å². The van der Waals surface area contributed by atoms with Gasteiger partial charge in [-0.1, -0.05) is 0 Å². The Morgan fingerprint density at radius 1 is 1.36 bits per heavy atom. The number of hydrogen-bond acceptors (Lipinski definition) is 3. The van der Waals surface area contributed by atoms with Crippen molar-refractivity contribution < 1.29 is 18.3 Å². The first-order chi connectivity index (χ1) is 10.2. The van der Waals surface area contributed by atoms with Gasteiger partial charge in [0.25, 0.3) is 0 Å². The maximum Gasteiger partial charge on any atom is 0.410 e. The van der Waals surface area contributed by atoms with Gasteiger partial charge in [-0.05, 0) is 48.8 Å². The van der Waals surface area contributed by atoms with E-state index >= 15 is 0 Å². The molecule has 1 aromatic carbocycles. The monoisotopic (exact) mass is 376 g/mol. The van der Waals surface area contributed by atoms with Crippen LogP contribution in [0.1, 0.15) is 26.3 Å². The average molecular weight is 377 g/mol. The van der Waals surface area contributed by atoms with Crippen LogP contribution in [0.3, 0.4) is 0 Å².